The molecule has 0 amide bonds. The summed E-state index contributed by atoms with van der Waals surface area (Å²) in [6.07, 6.45) is 3.47. The maximum absolute atomic E-state index is 5.81. The number of nitrogens with zero attached hydrogens (tertiary/aromatic N) is 1. The average molecular weight is 202 g/mol. The predicted octanol–water partition coefficient (Wildman–Crippen LogP) is 1.91. The maximum Gasteiger partial charge on any atom is 0.0922 e. The monoisotopic (exact) mass is 202 g/mol. The first kappa shape index (κ1) is 9.58. The summed E-state index contributed by atoms with van der Waals surface area (Å²) in [4.78, 5) is 6.99. The molecular formula is C11H14N4. The Kier molecular flexibility index (Phi) is 2.58. The topological polar surface area (TPSA) is 66.7 Å². The normalized spacial score (nSPS) is 10.2. The molecular weight excluding hydrogens is 188 g/mol. The number of nitrogens with two attached hydrogens (primary N) is 1. The lowest BCUT2D eigenvalue weighted by Crippen LogP contribution is -2.02. The number of aromatic nitrogens is 2. The molecule has 2 rings (SSSR count). The van der Waals surface area contributed by atoms with Gasteiger partial charge < -0.3 is 16.0 Å². The lowest BCUT2D eigenvalue weighted by molar-refractivity contribution is 1.07. The number of benzene rings is 1. The predicted molar refractivity (Wildman–Crippen MR) is 61.5 cm³/mol. The quantitative estimate of drug-likeness (QED) is 0.666. The smallest absolute Gasteiger partial charge is 0.0922 e. The SMILES string of the molecule is Cc1c(N)cccc1NCc1cnc[nH]1. The van der Waals surface area contributed by atoms with E-state index in [1.807, 2.05) is 25.1 Å². The molecule has 4 heteroatoms. The van der Waals surface area contributed by atoms with Gasteiger partial charge in [-0.15, -0.1) is 0 Å². The van der Waals surface area contributed by atoms with Gasteiger partial charge in [-0.2, -0.15) is 0 Å². The number of nitrogens with one attached hydrogen (secondary N) is 2. The third kappa shape index (κ3) is 2.10. The van der Waals surface area contributed by atoms with Crippen molar-refractivity contribution in [2.45, 2.75) is 13.5 Å². The van der Waals surface area contributed by atoms with Crippen molar-refractivity contribution >= 4 is 11.4 Å². The molecule has 1 aromatic carbocycles. The van der Waals surface area contributed by atoms with Gasteiger partial charge in [0.05, 0.1) is 18.6 Å². The van der Waals surface area contributed by atoms with Crippen LogP contribution in [0.1, 0.15) is 11.3 Å². The molecule has 1 heterocycles. The summed E-state index contributed by atoms with van der Waals surface area (Å²) in [6, 6.07) is 5.86. The summed E-state index contributed by atoms with van der Waals surface area (Å²) in [5, 5.41) is 3.30. The summed E-state index contributed by atoms with van der Waals surface area (Å²) in [5.74, 6) is 0. The molecule has 4 nitrogen and oxygen atoms in total. The molecule has 0 radical (unpaired) electrons. The van der Waals surface area contributed by atoms with Crippen molar-refractivity contribution in [2.24, 2.45) is 0 Å². The van der Waals surface area contributed by atoms with Gasteiger partial charge in [-0.05, 0) is 24.6 Å². The van der Waals surface area contributed by atoms with Gasteiger partial charge in [0.1, 0.15) is 0 Å². The Bertz CT molecular complexity index is 434. The zero-order valence-corrected chi connectivity index (χ0v) is 8.62. The van der Waals surface area contributed by atoms with E-state index >= 15 is 0 Å². The first-order chi connectivity index (χ1) is 7.27. The van der Waals surface area contributed by atoms with Gasteiger partial charge in [0.2, 0.25) is 0 Å². The molecule has 2 aromatic rings. The van der Waals surface area contributed by atoms with E-state index < -0.39 is 0 Å². The third-order valence-electron chi connectivity index (χ3n) is 2.40. The highest BCUT2D eigenvalue weighted by atomic mass is 14.9. The van der Waals surface area contributed by atoms with E-state index in [0.29, 0.717) is 0 Å². The second-order valence-electron chi connectivity index (χ2n) is 3.45. The third-order valence-corrected chi connectivity index (χ3v) is 2.40. The van der Waals surface area contributed by atoms with E-state index in [1.54, 1.807) is 12.5 Å². The molecule has 0 spiro atoms. The van der Waals surface area contributed by atoms with Gasteiger partial charge in [0, 0.05) is 17.6 Å². The standard InChI is InChI=1S/C11H14N4/c1-8-10(12)3-2-4-11(8)14-6-9-5-13-7-15-9/h2-5,7,14H,6,12H2,1H3,(H,13,15). The van der Waals surface area contributed by atoms with Crippen LogP contribution in [0.2, 0.25) is 0 Å². The minimum atomic E-state index is 0.726. The Hall–Kier alpha value is -1.97. The summed E-state index contributed by atoms with van der Waals surface area (Å²) >= 11 is 0. The second-order valence-corrected chi connectivity index (χ2v) is 3.45. The van der Waals surface area contributed by atoms with E-state index in [9.17, 15) is 0 Å². The van der Waals surface area contributed by atoms with Crippen LogP contribution in [0, 0.1) is 6.92 Å². The van der Waals surface area contributed by atoms with Crippen LogP contribution in [0.15, 0.2) is 30.7 Å². The maximum atomic E-state index is 5.81. The molecule has 0 aliphatic carbocycles. The van der Waals surface area contributed by atoms with Crippen LogP contribution < -0.4 is 11.1 Å². The zero-order chi connectivity index (χ0) is 10.7. The molecule has 15 heavy (non-hydrogen) atoms. The fourth-order valence-electron chi connectivity index (χ4n) is 1.42. The average Bonchev–Trinajstić information content (AvgIpc) is 2.73. The second kappa shape index (κ2) is 4.04. The Morgan fingerprint density at radius 2 is 2.33 bits per heavy atom. The van der Waals surface area contributed by atoms with Crippen molar-refractivity contribution in [3.8, 4) is 0 Å². The van der Waals surface area contributed by atoms with Gasteiger partial charge >= 0.3 is 0 Å². The van der Waals surface area contributed by atoms with E-state index in [2.05, 4.69) is 15.3 Å². The van der Waals surface area contributed by atoms with Crippen LogP contribution in [-0.4, -0.2) is 9.97 Å². The molecule has 0 bridgehead atoms. The lowest BCUT2D eigenvalue weighted by Gasteiger charge is -2.09. The largest absolute Gasteiger partial charge is 0.398 e. The molecule has 0 aliphatic rings. The van der Waals surface area contributed by atoms with Gasteiger partial charge in [-0.3, -0.25) is 0 Å². The fourth-order valence-corrected chi connectivity index (χ4v) is 1.42. The summed E-state index contributed by atoms with van der Waals surface area (Å²) < 4.78 is 0. The molecule has 0 aliphatic heterocycles. The Morgan fingerprint density at radius 3 is 3.07 bits per heavy atom. The fraction of sp³-hybridized carbons (Fsp3) is 0.182. The van der Waals surface area contributed by atoms with Crippen LogP contribution in [0.5, 0.6) is 0 Å². The Balaban J connectivity index is 2.08. The molecule has 78 valence electrons. The number of anilines is 2. The number of H-pyrrole nitrogens is 1. The lowest BCUT2D eigenvalue weighted by atomic mass is 10.1. The van der Waals surface area contributed by atoms with Crippen LogP contribution in [0.4, 0.5) is 11.4 Å². The molecule has 0 saturated carbocycles. The van der Waals surface area contributed by atoms with E-state index in [0.717, 1.165) is 29.2 Å². The van der Waals surface area contributed by atoms with Crippen LogP contribution in [-0.2, 0) is 6.54 Å². The number of nitrogen functional groups attached to an aromatic ring is 1. The number of imidazole rings is 1. The molecule has 1 aromatic heterocycles. The van der Waals surface area contributed by atoms with Crippen molar-refractivity contribution in [3.63, 3.8) is 0 Å². The minimum absolute atomic E-state index is 0.726. The van der Waals surface area contributed by atoms with Gasteiger partial charge in [-0.1, -0.05) is 6.07 Å². The van der Waals surface area contributed by atoms with E-state index in [4.69, 9.17) is 5.73 Å². The van der Waals surface area contributed by atoms with Crippen LogP contribution in [0.3, 0.4) is 0 Å². The molecule has 0 fully saturated rings. The van der Waals surface area contributed by atoms with Crippen molar-refractivity contribution in [3.05, 3.63) is 42.0 Å². The van der Waals surface area contributed by atoms with Crippen molar-refractivity contribution in [2.75, 3.05) is 11.1 Å². The van der Waals surface area contributed by atoms with Gasteiger partial charge in [-0.25, -0.2) is 4.98 Å². The summed E-state index contributed by atoms with van der Waals surface area (Å²) in [6.45, 7) is 2.73. The highest BCUT2D eigenvalue weighted by Crippen LogP contribution is 2.20. The van der Waals surface area contributed by atoms with Crippen LogP contribution >= 0.6 is 0 Å². The Morgan fingerprint density at radius 1 is 1.47 bits per heavy atom. The van der Waals surface area contributed by atoms with Crippen LogP contribution in [0.25, 0.3) is 0 Å². The molecule has 0 unspecified atom stereocenters. The van der Waals surface area contributed by atoms with E-state index in [1.165, 1.54) is 0 Å². The highest BCUT2D eigenvalue weighted by Gasteiger charge is 2.00. The molecule has 4 N–H and O–H groups in total. The van der Waals surface area contributed by atoms with Crippen molar-refractivity contribution < 1.29 is 0 Å². The molecule has 0 saturated heterocycles. The molecule has 0 atom stereocenters. The number of rotatable bonds is 3. The number of aromatic amines is 1. The first-order valence-corrected chi connectivity index (χ1v) is 4.83. The zero-order valence-electron chi connectivity index (χ0n) is 8.62. The van der Waals surface area contributed by atoms with E-state index in [-0.39, 0.29) is 0 Å². The summed E-state index contributed by atoms with van der Waals surface area (Å²) in [7, 11) is 0. The van der Waals surface area contributed by atoms with Gasteiger partial charge in [0.25, 0.3) is 0 Å². The number of hydrogen-bond donors (Lipinski definition) is 3. The highest BCUT2D eigenvalue weighted by molar-refractivity contribution is 5.62. The minimum Gasteiger partial charge on any atom is -0.398 e. The van der Waals surface area contributed by atoms with Crippen molar-refractivity contribution in [1.29, 1.82) is 0 Å². The number of hydrogen-bond acceptors (Lipinski definition) is 3. The summed E-state index contributed by atoms with van der Waals surface area (Å²) in [5.41, 5.74) is 9.81. The van der Waals surface area contributed by atoms with Crippen molar-refractivity contribution in [1.82, 2.24) is 9.97 Å². The Labute approximate surface area is 88.5 Å². The van der Waals surface area contributed by atoms with Gasteiger partial charge in [0.15, 0.2) is 0 Å². The first-order valence-electron chi connectivity index (χ1n) is 4.83.